The van der Waals surface area contributed by atoms with E-state index >= 15 is 0 Å². The van der Waals surface area contributed by atoms with Crippen LogP contribution in [0.15, 0.2) is 0 Å². The normalized spacial score (nSPS) is 43.3. The van der Waals surface area contributed by atoms with E-state index in [1.807, 2.05) is 0 Å². The van der Waals surface area contributed by atoms with Crippen LogP contribution in [0.1, 0.15) is 20.3 Å². The molecule has 0 radical (unpaired) electrons. The summed E-state index contributed by atoms with van der Waals surface area (Å²) in [5.74, 6) is 1.61. The van der Waals surface area contributed by atoms with E-state index in [0.29, 0.717) is 0 Å². The van der Waals surface area contributed by atoms with Gasteiger partial charge in [-0.3, -0.25) is 0 Å². The predicted octanol–water partition coefficient (Wildman–Crippen LogP) is 0.610. The van der Waals surface area contributed by atoms with Crippen LogP contribution in [0.5, 0.6) is 0 Å². The van der Waals surface area contributed by atoms with Gasteiger partial charge in [-0.1, -0.05) is 6.92 Å². The van der Waals surface area contributed by atoms with Crippen LogP contribution in [0.3, 0.4) is 0 Å². The molecule has 14 heavy (non-hydrogen) atoms. The molecule has 0 aromatic heterocycles. The molecule has 0 aromatic carbocycles. The van der Waals surface area contributed by atoms with E-state index in [1.54, 1.807) is 0 Å². The van der Waals surface area contributed by atoms with Gasteiger partial charge >= 0.3 is 0 Å². The summed E-state index contributed by atoms with van der Waals surface area (Å²) in [6.07, 6.45) is 1.15. The first-order valence-corrected chi connectivity index (χ1v) is 5.73. The number of ether oxygens (including phenoxy) is 1. The van der Waals surface area contributed by atoms with E-state index in [4.69, 9.17) is 4.74 Å². The van der Waals surface area contributed by atoms with Gasteiger partial charge in [-0.25, -0.2) is 0 Å². The molecule has 2 rings (SSSR count). The van der Waals surface area contributed by atoms with E-state index in [0.717, 1.165) is 38.0 Å². The molecule has 2 fully saturated rings. The summed E-state index contributed by atoms with van der Waals surface area (Å²) >= 11 is 0. The lowest BCUT2D eigenvalue weighted by molar-refractivity contribution is 0.169. The summed E-state index contributed by atoms with van der Waals surface area (Å²) < 4.78 is 5.42. The summed E-state index contributed by atoms with van der Waals surface area (Å²) in [6.45, 7) is 9.88. The smallest absolute Gasteiger partial charge is 0.0646 e. The van der Waals surface area contributed by atoms with E-state index in [-0.39, 0.29) is 5.54 Å². The van der Waals surface area contributed by atoms with Crippen molar-refractivity contribution in [2.24, 2.45) is 11.8 Å². The molecular formula is C11H22N2O. The zero-order valence-electron chi connectivity index (χ0n) is 9.31. The molecule has 0 bridgehead atoms. The molecule has 2 N–H and O–H groups in total. The first kappa shape index (κ1) is 10.4. The van der Waals surface area contributed by atoms with Crippen LogP contribution in [0.2, 0.25) is 0 Å². The molecule has 82 valence electrons. The van der Waals surface area contributed by atoms with Crippen LogP contribution in [0.25, 0.3) is 0 Å². The van der Waals surface area contributed by atoms with Crippen molar-refractivity contribution in [1.29, 1.82) is 0 Å². The van der Waals surface area contributed by atoms with Gasteiger partial charge in [0.25, 0.3) is 0 Å². The molecule has 2 heterocycles. The third-order valence-corrected chi connectivity index (χ3v) is 3.69. The maximum atomic E-state index is 5.42. The largest absolute Gasteiger partial charge is 0.379 e. The third kappa shape index (κ3) is 2.27. The Bertz CT molecular complexity index is 190. The Hall–Kier alpha value is -0.120. The monoisotopic (exact) mass is 198 g/mol. The van der Waals surface area contributed by atoms with Crippen LogP contribution in [-0.2, 0) is 4.74 Å². The van der Waals surface area contributed by atoms with Crippen molar-refractivity contribution >= 4 is 0 Å². The maximum absolute atomic E-state index is 5.42. The Morgan fingerprint density at radius 3 is 2.93 bits per heavy atom. The van der Waals surface area contributed by atoms with Gasteiger partial charge in [0.1, 0.15) is 0 Å². The van der Waals surface area contributed by atoms with Crippen LogP contribution < -0.4 is 10.6 Å². The average Bonchev–Trinajstić information content (AvgIpc) is 2.73. The minimum Gasteiger partial charge on any atom is -0.379 e. The van der Waals surface area contributed by atoms with Gasteiger partial charge in [-0.05, 0) is 38.3 Å². The molecular weight excluding hydrogens is 176 g/mol. The Kier molecular flexibility index (Phi) is 3.10. The van der Waals surface area contributed by atoms with Crippen LogP contribution in [-0.4, -0.2) is 38.4 Å². The first-order chi connectivity index (χ1) is 6.70. The van der Waals surface area contributed by atoms with Crippen LogP contribution >= 0.6 is 0 Å². The summed E-state index contributed by atoms with van der Waals surface area (Å²) in [7, 11) is 0. The minimum absolute atomic E-state index is 0.238. The Labute approximate surface area is 86.6 Å². The average molecular weight is 198 g/mol. The second-order valence-electron chi connectivity index (χ2n) is 5.14. The number of nitrogens with one attached hydrogen (secondary N) is 2. The van der Waals surface area contributed by atoms with Gasteiger partial charge in [0.15, 0.2) is 0 Å². The molecule has 3 nitrogen and oxygen atoms in total. The molecule has 3 unspecified atom stereocenters. The van der Waals surface area contributed by atoms with Gasteiger partial charge < -0.3 is 15.4 Å². The van der Waals surface area contributed by atoms with Gasteiger partial charge in [0, 0.05) is 18.7 Å². The molecule has 0 aromatic rings. The van der Waals surface area contributed by atoms with E-state index in [1.165, 1.54) is 13.1 Å². The lowest BCUT2D eigenvalue weighted by Crippen LogP contribution is -2.46. The highest BCUT2D eigenvalue weighted by Gasteiger charge is 2.31. The fourth-order valence-electron chi connectivity index (χ4n) is 2.32. The van der Waals surface area contributed by atoms with Crippen LogP contribution in [0, 0.1) is 11.8 Å². The zero-order chi connectivity index (χ0) is 10.0. The zero-order valence-corrected chi connectivity index (χ0v) is 9.31. The van der Waals surface area contributed by atoms with Gasteiger partial charge in [0.2, 0.25) is 0 Å². The number of rotatable bonds is 3. The van der Waals surface area contributed by atoms with Crippen molar-refractivity contribution in [3.63, 3.8) is 0 Å². The fraction of sp³-hybridized carbons (Fsp3) is 1.00. The summed E-state index contributed by atoms with van der Waals surface area (Å²) in [5.41, 5.74) is 0.238. The quantitative estimate of drug-likeness (QED) is 0.697. The fourth-order valence-corrected chi connectivity index (χ4v) is 2.32. The molecule has 0 spiro atoms. The lowest BCUT2D eigenvalue weighted by Gasteiger charge is -2.26. The van der Waals surface area contributed by atoms with Crippen molar-refractivity contribution < 1.29 is 4.74 Å². The second kappa shape index (κ2) is 4.17. The predicted molar refractivity (Wildman–Crippen MR) is 57.4 cm³/mol. The topological polar surface area (TPSA) is 33.3 Å². The molecule has 0 saturated carbocycles. The Balaban J connectivity index is 1.75. The van der Waals surface area contributed by atoms with Crippen LogP contribution in [0.4, 0.5) is 0 Å². The van der Waals surface area contributed by atoms with E-state index in [9.17, 15) is 0 Å². The van der Waals surface area contributed by atoms with Gasteiger partial charge in [0.05, 0.1) is 6.61 Å². The van der Waals surface area contributed by atoms with Gasteiger partial charge in [-0.15, -0.1) is 0 Å². The Morgan fingerprint density at radius 2 is 2.36 bits per heavy atom. The minimum atomic E-state index is 0.238. The van der Waals surface area contributed by atoms with Crippen molar-refractivity contribution in [1.82, 2.24) is 10.6 Å². The SMILES string of the molecule is CC1CNCC1CNC1(C)CCOC1. The molecule has 0 aliphatic carbocycles. The lowest BCUT2D eigenvalue weighted by atomic mass is 9.95. The standard InChI is InChI=1S/C11H22N2O/c1-9-5-12-6-10(9)7-13-11(2)3-4-14-8-11/h9-10,12-13H,3-8H2,1-2H3. The van der Waals surface area contributed by atoms with Crippen molar-refractivity contribution in [2.45, 2.75) is 25.8 Å². The maximum Gasteiger partial charge on any atom is 0.0646 e. The molecule has 2 aliphatic rings. The first-order valence-electron chi connectivity index (χ1n) is 5.73. The number of hydrogen-bond acceptors (Lipinski definition) is 3. The summed E-state index contributed by atoms with van der Waals surface area (Å²) in [6, 6.07) is 0. The van der Waals surface area contributed by atoms with Crippen molar-refractivity contribution in [3.05, 3.63) is 0 Å². The second-order valence-corrected chi connectivity index (χ2v) is 5.14. The molecule has 3 heteroatoms. The van der Waals surface area contributed by atoms with E-state index in [2.05, 4.69) is 24.5 Å². The summed E-state index contributed by atoms with van der Waals surface area (Å²) in [5, 5.41) is 7.10. The third-order valence-electron chi connectivity index (χ3n) is 3.69. The highest BCUT2D eigenvalue weighted by molar-refractivity contribution is 4.89. The van der Waals surface area contributed by atoms with E-state index < -0.39 is 0 Å². The van der Waals surface area contributed by atoms with Crippen molar-refractivity contribution in [3.8, 4) is 0 Å². The Morgan fingerprint density at radius 1 is 1.50 bits per heavy atom. The highest BCUT2D eigenvalue weighted by Crippen LogP contribution is 2.20. The number of hydrogen-bond donors (Lipinski definition) is 2. The molecule has 2 aliphatic heterocycles. The molecule has 2 saturated heterocycles. The van der Waals surface area contributed by atoms with Gasteiger partial charge in [-0.2, -0.15) is 0 Å². The summed E-state index contributed by atoms with van der Waals surface area (Å²) in [4.78, 5) is 0. The van der Waals surface area contributed by atoms with Crippen molar-refractivity contribution in [2.75, 3.05) is 32.8 Å². The highest BCUT2D eigenvalue weighted by atomic mass is 16.5. The molecule has 0 amide bonds. The molecule has 3 atom stereocenters.